The third kappa shape index (κ3) is 11.6. The van der Waals surface area contributed by atoms with Crippen LogP contribution in [0.3, 0.4) is 0 Å². The molecule has 0 fully saturated rings. The van der Waals surface area contributed by atoms with E-state index < -0.39 is 23.4 Å². The minimum atomic E-state index is -1.03. The smallest absolute Gasteiger partial charge is 0.406 e. The van der Waals surface area contributed by atoms with Crippen LogP contribution in [0.5, 0.6) is 11.5 Å². The molecule has 0 aliphatic heterocycles. The summed E-state index contributed by atoms with van der Waals surface area (Å²) >= 11 is 11.9. The molecule has 0 aliphatic rings. The molecule has 2 aromatic carbocycles. The highest BCUT2D eigenvalue weighted by molar-refractivity contribution is 9.10. The Labute approximate surface area is 228 Å². The lowest BCUT2D eigenvalue weighted by Gasteiger charge is -2.09. The molecule has 0 aromatic heterocycles. The van der Waals surface area contributed by atoms with Gasteiger partial charge in [0.25, 0.3) is 5.24 Å². The van der Waals surface area contributed by atoms with Crippen molar-refractivity contribution in [3.05, 3.63) is 56.5 Å². The first kappa shape index (κ1) is 31.0. The first-order valence-corrected chi connectivity index (χ1v) is 12.0. The number of carboxylic acids is 1. The minimum absolute atomic E-state index is 0.133. The summed E-state index contributed by atoms with van der Waals surface area (Å²) in [7, 11) is 2.55. The Bertz CT molecular complexity index is 986. The van der Waals surface area contributed by atoms with Gasteiger partial charge in [0.15, 0.2) is 0 Å². The first-order chi connectivity index (χ1) is 17.1. The van der Waals surface area contributed by atoms with Crippen molar-refractivity contribution in [2.45, 2.75) is 0 Å². The first-order valence-electron chi connectivity index (χ1n) is 10.0. The van der Waals surface area contributed by atoms with Gasteiger partial charge in [0, 0.05) is 5.56 Å². The van der Waals surface area contributed by atoms with Crippen molar-refractivity contribution in [2.24, 2.45) is 0 Å². The number of carboxylic acid groups (broad SMARTS) is 1. The number of carbonyl (C=O) groups excluding carboxylic acids is 3. The van der Waals surface area contributed by atoms with Gasteiger partial charge in [-0.05, 0) is 79.9 Å². The fourth-order valence-corrected chi connectivity index (χ4v) is 3.10. The fourth-order valence-electron chi connectivity index (χ4n) is 2.26. The summed E-state index contributed by atoms with van der Waals surface area (Å²) in [6, 6.07) is 9.23. The van der Waals surface area contributed by atoms with E-state index in [-0.39, 0.29) is 31.9 Å². The van der Waals surface area contributed by atoms with Crippen LogP contribution in [-0.2, 0) is 9.47 Å². The van der Waals surface area contributed by atoms with E-state index in [1.165, 1.54) is 32.4 Å². The zero-order valence-electron chi connectivity index (χ0n) is 19.1. The third-order valence-corrected chi connectivity index (χ3v) is 5.49. The molecule has 2 amide bonds. The van der Waals surface area contributed by atoms with Crippen molar-refractivity contribution >= 4 is 66.9 Å². The molecule has 0 atom stereocenters. The largest absolute Gasteiger partial charge is 0.491 e. The highest BCUT2D eigenvalue weighted by Gasteiger charge is 2.09. The highest BCUT2D eigenvalue weighted by atomic mass is 79.9. The molecule has 0 heterocycles. The summed E-state index contributed by atoms with van der Waals surface area (Å²) in [6.07, 6.45) is -1.07. The van der Waals surface area contributed by atoms with E-state index in [9.17, 15) is 19.2 Å². The lowest BCUT2D eigenvalue weighted by Crippen LogP contribution is -2.27. The van der Waals surface area contributed by atoms with E-state index in [0.29, 0.717) is 26.0 Å². The summed E-state index contributed by atoms with van der Waals surface area (Å²) in [5.41, 5.74) is 0.477. The minimum Gasteiger partial charge on any atom is -0.491 e. The maximum Gasteiger partial charge on any atom is 0.406 e. The molecule has 0 saturated heterocycles. The van der Waals surface area contributed by atoms with Crippen molar-refractivity contribution in [1.82, 2.24) is 10.6 Å². The number of hydrogen-bond donors (Lipinski definition) is 3. The maximum atomic E-state index is 11.0. The normalized spacial score (nSPS) is 9.69. The van der Waals surface area contributed by atoms with Gasteiger partial charge in [-0.15, -0.1) is 0 Å². The number of amides is 2. The quantitative estimate of drug-likeness (QED) is 0.250. The third-order valence-electron chi connectivity index (χ3n) is 3.97. The van der Waals surface area contributed by atoms with Crippen LogP contribution >= 0.6 is 43.5 Å². The SMILES string of the molecule is COC(=O)NCCOc1cc(C(=O)Cl)ccc1Br.COC(=O)NCCOc1cc(C(=O)O)ccc1Br. The molecular formula is C22H23Br2ClN2O9. The zero-order chi connectivity index (χ0) is 27.1. The van der Waals surface area contributed by atoms with Crippen LogP contribution in [0, 0.1) is 0 Å². The summed E-state index contributed by atoms with van der Waals surface area (Å²) in [5, 5.41) is 13.2. The number of rotatable bonds is 10. The summed E-state index contributed by atoms with van der Waals surface area (Å²) in [6.45, 7) is 0.999. The van der Waals surface area contributed by atoms with Gasteiger partial charge >= 0.3 is 18.2 Å². The van der Waals surface area contributed by atoms with Gasteiger partial charge in [0.2, 0.25) is 0 Å². The molecule has 0 bridgehead atoms. The zero-order valence-corrected chi connectivity index (χ0v) is 23.1. The average Bonchev–Trinajstić information content (AvgIpc) is 2.86. The van der Waals surface area contributed by atoms with Crippen LogP contribution in [0.15, 0.2) is 45.3 Å². The summed E-state index contributed by atoms with van der Waals surface area (Å²) in [5.74, 6) is -0.144. The second-order valence-corrected chi connectivity index (χ2v) is 8.45. The predicted octanol–water partition coefficient (Wildman–Crippen LogP) is 4.45. The number of aromatic carboxylic acids is 1. The molecule has 3 N–H and O–H groups in total. The van der Waals surface area contributed by atoms with Crippen molar-refractivity contribution in [3.63, 3.8) is 0 Å². The predicted molar refractivity (Wildman–Crippen MR) is 137 cm³/mol. The van der Waals surface area contributed by atoms with E-state index in [2.05, 4.69) is 52.0 Å². The van der Waals surface area contributed by atoms with Crippen molar-refractivity contribution < 1.29 is 43.2 Å². The summed E-state index contributed by atoms with van der Waals surface area (Å²) in [4.78, 5) is 43.3. The number of benzene rings is 2. The van der Waals surface area contributed by atoms with Gasteiger partial charge in [-0.3, -0.25) is 4.79 Å². The molecule has 2 rings (SSSR count). The van der Waals surface area contributed by atoms with E-state index >= 15 is 0 Å². The number of nitrogens with one attached hydrogen (secondary N) is 2. The molecule has 0 radical (unpaired) electrons. The fraction of sp³-hybridized carbons (Fsp3) is 0.273. The molecule has 0 aliphatic carbocycles. The summed E-state index contributed by atoms with van der Waals surface area (Å²) < 4.78 is 20.9. The Morgan fingerprint density at radius 2 is 1.22 bits per heavy atom. The molecular weight excluding hydrogens is 632 g/mol. The number of carbonyl (C=O) groups is 4. The Hall–Kier alpha value is -3.03. The van der Waals surface area contributed by atoms with Crippen LogP contribution in [0.2, 0.25) is 0 Å². The number of methoxy groups -OCH3 is 2. The Morgan fingerprint density at radius 1 is 0.806 bits per heavy atom. The van der Waals surface area contributed by atoms with E-state index in [1.54, 1.807) is 18.2 Å². The van der Waals surface area contributed by atoms with Crippen LogP contribution in [-0.4, -0.2) is 69.0 Å². The number of alkyl carbamates (subject to hydrolysis) is 2. The molecule has 196 valence electrons. The molecule has 14 heteroatoms. The lowest BCUT2D eigenvalue weighted by molar-refractivity contribution is 0.0696. The van der Waals surface area contributed by atoms with E-state index in [4.69, 9.17) is 26.2 Å². The van der Waals surface area contributed by atoms with Crippen molar-refractivity contribution in [1.29, 1.82) is 0 Å². The van der Waals surface area contributed by atoms with Gasteiger partial charge in [-0.25, -0.2) is 14.4 Å². The molecule has 11 nitrogen and oxygen atoms in total. The lowest BCUT2D eigenvalue weighted by atomic mass is 10.2. The molecule has 2 aromatic rings. The van der Waals surface area contributed by atoms with Crippen molar-refractivity contribution in [3.8, 4) is 11.5 Å². The highest BCUT2D eigenvalue weighted by Crippen LogP contribution is 2.27. The Balaban J connectivity index is 0.000000360. The van der Waals surface area contributed by atoms with Crippen LogP contribution in [0.1, 0.15) is 20.7 Å². The van der Waals surface area contributed by atoms with Gasteiger partial charge < -0.3 is 34.7 Å². The van der Waals surface area contributed by atoms with Crippen LogP contribution in [0.4, 0.5) is 9.59 Å². The van der Waals surface area contributed by atoms with Gasteiger partial charge in [-0.1, -0.05) is 0 Å². The van der Waals surface area contributed by atoms with E-state index in [1.807, 2.05) is 0 Å². The second kappa shape index (κ2) is 16.6. The second-order valence-electron chi connectivity index (χ2n) is 6.40. The Morgan fingerprint density at radius 3 is 1.61 bits per heavy atom. The van der Waals surface area contributed by atoms with Gasteiger partial charge in [0.05, 0.1) is 41.8 Å². The van der Waals surface area contributed by atoms with Crippen LogP contribution in [0.25, 0.3) is 0 Å². The topological polar surface area (TPSA) is 149 Å². The molecule has 0 spiro atoms. The number of hydrogen-bond acceptors (Lipinski definition) is 8. The number of halogens is 3. The van der Waals surface area contributed by atoms with Gasteiger partial charge in [0.1, 0.15) is 24.7 Å². The van der Waals surface area contributed by atoms with E-state index in [0.717, 1.165) is 0 Å². The molecule has 0 saturated carbocycles. The molecule has 0 unspecified atom stereocenters. The maximum absolute atomic E-state index is 11.0. The monoisotopic (exact) mass is 652 g/mol. The average molecular weight is 655 g/mol. The van der Waals surface area contributed by atoms with Crippen LogP contribution < -0.4 is 20.1 Å². The number of ether oxygens (including phenoxy) is 4. The standard InChI is InChI=1S/C11H11BrClNO4.C11H12BrNO5/c1-17-11(16)14-4-5-18-9-6-7(10(13)15)2-3-8(9)12;1-17-11(16)13-4-5-18-9-6-7(10(14)15)2-3-8(9)12/h2-3,6H,4-5H2,1H3,(H,14,16);2-3,6H,4-5H2,1H3,(H,13,16)(H,14,15). The van der Waals surface area contributed by atoms with Crippen molar-refractivity contribution in [2.75, 3.05) is 40.5 Å². The Kier molecular flexibility index (Phi) is 14.3. The molecule has 36 heavy (non-hydrogen) atoms. The van der Waals surface area contributed by atoms with Gasteiger partial charge in [-0.2, -0.15) is 0 Å².